The van der Waals surface area contributed by atoms with Crippen molar-refractivity contribution in [3.05, 3.63) is 81.1 Å². The maximum absolute atomic E-state index is 2.58. The van der Waals surface area contributed by atoms with Crippen molar-refractivity contribution < 1.29 is 0 Å². The Bertz CT molecular complexity index is 1110. The molecule has 0 saturated carbocycles. The summed E-state index contributed by atoms with van der Waals surface area (Å²) in [6.45, 7) is 19.3. The van der Waals surface area contributed by atoms with Crippen LogP contribution in [0.3, 0.4) is 0 Å². The Balaban J connectivity index is 1.95. The second kappa shape index (κ2) is 7.53. The molecule has 0 bridgehead atoms. The number of rotatable bonds is 4. The molecule has 4 rings (SSSR count). The molecular formula is C29H36Si. The standard InChI is InChI=1S/C29H36Si/c1-18(2)28-26(25-15-10-13-23-12-9-14-24(23)25)16-11-17-27(28)30(7,8)29-21(5)19(3)20(4)22(29)6/h9-11,13-18,21H,12H2,1-8H3. The van der Waals surface area contributed by atoms with Crippen molar-refractivity contribution in [2.45, 2.75) is 67.0 Å². The molecule has 1 heteroatoms. The van der Waals surface area contributed by atoms with E-state index in [2.05, 4.69) is 103 Å². The normalized spacial score (nSPS) is 18.8. The maximum Gasteiger partial charge on any atom is 0.109 e. The molecule has 0 N–H and O–H groups in total. The molecule has 0 saturated heterocycles. The second-order valence-electron chi connectivity index (χ2n) is 10.1. The molecule has 1 unspecified atom stereocenters. The largest absolute Gasteiger partial charge is 0.109 e. The fraction of sp³-hybridized carbons (Fsp3) is 0.379. The molecule has 0 nitrogen and oxygen atoms in total. The lowest BCUT2D eigenvalue weighted by atomic mass is 9.89. The van der Waals surface area contributed by atoms with E-state index in [1.165, 1.54) is 27.8 Å². The third-order valence-corrected chi connectivity index (χ3v) is 11.7. The van der Waals surface area contributed by atoms with Gasteiger partial charge in [-0.05, 0) is 72.4 Å². The van der Waals surface area contributed by atoms with E-state index in [9.17, 15) is 0 Å². The van der Waals surface area contributed by atoms with Crippen LogP contribution in [0.1, 0.15) is 64.2 Å². The van der Waals surface area contributed by atoms with Crippen molar-refractivity contribution in [1.29, 1.82) is 0 Å². The summed E-state index contributed by atoms with van der Waals surface area (Å²) in [7, 11) is -1.83. The minimum absolute atomic E-state index is 0.497. The van der Waals surface area contributed by atoms with E-state index < -0.39 is 8.07 Å². The molecule has 0 aliphatic heterocycles. The van der Waals surface area contributed by atoms with Gasteiger partial charge in [-0.2, -0.15) is 0 Å². The van der Waals surface area contributed by atoms with E-state index in [4.69, 9.17) is 0 Å². The minimum atomic E-state index is -1.83. The molecule has 0 fully saturated rings. The van der Waals surface area contributed by atoms with Crippen LogP contribution in [0.5, 0.6) is 0 Å². The van der Waals surface area contributed by atoms with Gasteiger partial charge in [0.1, 0.15) is 8.07 Å². The summed E-state index contributed by atoms with van der Waals surface area (Å²) in [5, 5.41) is 3.35. The molecule has 1 atom stereocenters. The predicted octanol–water partition coefficient (Wildman–Crippen LogP) is 7.80. The molecule has 0 spiro atoms. The second-order valence-corrected chi connectivity index (χ2v) is 14.4. The fourth-order valence-electron chi connectivity index (χ4n) is 6.01. The summed E-state index contributed by atoms with van der Waals surface area (Å²) >= 11 is 0. The van der Waals surface area contributed by atoms with Crippen LogP contribution in [0.2, 0.25) is 13.1 Å². The summed E-state index contributed by atoms with van der Waals surface area (Å²) in [6.07, 6.45) is 5.69. The summed E-state index contributed by atoms with van der Waals surface area (Å²) in [5.41, 5.74) is 11.9. The van der Waals surface area contributed by atoms with Crippen LogP contribution in [-0.2, 0) is 6.42 Å². The average molecular weight is 413 g/mol. The Morgan fingerprint density at radius 1 is 0.900 bits per heavy atom. The van der Waals surface area contributed by atoms with Crippen LogP contribution in [0.25, 0.3) is 17.2 Å². The van der Waals surface area contributed by atoms with E-state index >= 15 is 0 Å². The van der Waals surface area contributed by atoms with E-state index in [1.807, 2.05) is 0 Å². The summed E-state index contributed by atoms with van der Waals surface area (Å²) in [5.74, 6) is 1.07. The van der Waals surface area contributed by atoms with Crippen molar-refractivity contribution in [3.8, 4) is 11.1 Å². The molecule has 0 amide bonds. The molecule has 2 aliphatic rings. The highest BCUT2D eigenvalue weighted by atomic mass is 28.3. The lowest BCUT2D eigenvalue weighted by Crippen LogP contribution is -2.48. The van der Waals surface area contributed by atoms with Gasteiger partial charge in [0, 0.05) is 0 Å². The van der Waals surface area contributed by atoms with Gasteiger partial charge in [-0.1, -0.05) is 104 Å². The highest BCUT2D eigenvalue weighted by Crippen LogP contribution is 2.43. The van der Waals surface area contributed by atoms with Crippen LogP contribution < -0.4 is 5.19 Å². The van der Waals surface area contributed by atoms with Crippen LogP contribution in [0.15, 0.2) is 64.4 Å². The number of allylic oxidation sites excluding steroid dienone is 5. The summed E-state index contributed by atoms with van der Waals surface area (Å²) in [4.78, 5) is 0. The summed E-state index contributed by atoms with van der Waals surface area (Å²) in [6, 6.07) is 14.0. The van der Waals surface area contributed by atoms with E-state index in [0.717, 1.165) is 6.42 Å². The first kappa shape index (κ1) is 21.1. The Labute approximate surface area is 184 Å². The van der Waals surface area contributed by atoms with Gasteiger partial charge in [0.15, 0.2) is 0 Å². The highest BCUT2D eigenvalue weighted by molar-refractivity contribution is 6.96. The zero-order chi connectivity index (χ0) is 21.8. The van der Waals surface area contributed by atoms with Gasteiger partial charge in [0.2, 0.25) is 0 Å². The van der Waals surface area contributed by atoms with Gasteiger partial charge < -0.3 is 0 Å². The third-order valence-electron chi connectivity index (χ3n) is 7.78. The van der Waals surface area contributed by atoms with Crippen molar-refractivity contribution in [1.82, 2.24) is 0 Å². The zero-order valence-electron chi connectivity index (χ0n) is 20.0. The summed E-state index contributed by atoms with van der Waals surface area (Å²) < 4.78 is 0. The van der Waals surface area contributed by atoms with Crippen LogP contribution in [0, 0.1) is 5.92 Å². The highest BCUT2D eigenvalue weighted by Gasteiger charge is 2.39. The van der Waals surface area contributed by atoms with E-state index in [0.29, 0.717) is 11.8 Å². The van der Waals surface area contributed by atoms with Crippen LogP contribution in [-0.4, -0.2) is 8.07 Å². The first-order valence-corrected chi connectivity index (χ1v) is 14.5. The first-order valence-electron chi connectivity index (χ1n) is 11.5. The molecule has 2 aromatic carbocycles. The fourth-order valence-corrected chi connectivity index (χ4v) is 10.3. The number of hydrogen-bond acceptors (Lipinski definition) is 0. The van der Waals surface area contributed by atoms with Gasteiger partial charge >= 0.3 is 0 Å². The topological polar surface area (TPSA) is 0 Å². The number of benzene rings is 2. The van der Waals surface area contributed by atoms with Crippen molar-refractivity contribution in [3.63, 3.8) is 0 Å². The lowest BCUT2D eigenvalue weighted by Gasteiger charge is -2.34. The van der Waals surface area contributed by atoms with Crippen LogP contribution in [0.4, 0.5) is 0 Å². The molecule has 30 heavy (non-hydrogen) atoms. The Kier molecular flexibility index (Phi) is 5.30. The molecule has 156 valence electrons. The monoisotopic (exact) mass is 412 g/mol. The van der Waals surface area contributed by atoms with Crippen molar-refractivity contribution in [2.24, 2.45) is 5.92 Å². The SMILES string of the molecule is CC1=C(C)C(C)C([Si](C)(C)c2cccc(-c3cccc4c3C=CC4)c2C(C)C)=C1C. The lowest BCUT2D eigenvalue weighted by molar-refractivity contribution is 0.847. The van der Waals surface area contributed by atoms with Gasteiger partial charge in [0.25, 0.3) is 0 Å². The maximum atomic E-state index is 2.58. The average Bonchev–Trinajstić information content (AvgIpc) is 3.27. The van der Waals surface area contributed by atoms with E-state index in [-0.39, 0.29) is 0 Å². The van der Waals surface area contributed by atoms with Gasteiger partial charge in [-0.25, -0.2) is 0 Å². The van der Waals surface area contributed by atoms with Crippen molar-refractivity contribution >= 4 is 19.3 Å². The van der Waals surface area contributed by atoms with Gasteiger partial charge in [-0.15, -0.1) is 0 Å². The zero-order valence-corrected chi connectivity index (χ0v) is 21.0. The molecule has 2 aliphatic carbocycles. The number of hydrogen-bond donors (Lipinski definition) is 0. The minimum Gasteiger partial charge on any atom is -0.0795 e. The molecule has 0 radical (unpaired) electrons. The third kappa shape index (κ3) is 3.10. The van der Waals surface area contributed by atoms with E-state index in [1.54, 1.807) is 27.1 Å². The Hall–Kier alpha value is -2.12. The number of fused-ring (bicyclic) bond motifs is 1. The first-order chi connectivity index (χ1) is 14.2. The Morgan fingerprint density at radius 2 is 1.57 bits per heavy atom. The smallest absolute Gasteiger partial charge is 0.0795 e. The van der Waals surface area contributed by atoms with Crippen LogP contribution >= 0.6 is 0 Å². The van der Waals surface area contributed by atoms with Crippen molar-refractivity contribution in [2.75, 3.05) is 0 Å². The predicted molar refractivity (Wildman–Crippen MR) is 136 cm³/mol. The quantitative estimate of drug-likeness (QED) is 0.449. The van der Waals surface area contributed by atoms with Gasteiger partial charge in [-0.3, -0.25) is 0 Å². The molecule has 0 aromatic heterocycles. The molecule has 2 aromatic rings. The molecule has 0 heterocycles. The molecular weight excluding hydrogens is 376 g/mol. The Morgan fingerprint density at radius 3 is 2.20 bits per heavy atom. The van der Waals surface area contributed by atoms with Gasteiger partial charge in [0.05, 0.1) is 0 Å².